The number of fused-ring (bicyclic) bond motifs is 1. The monoisotopic (exact) mass is 405 g/mol. The van der Waals surface area contributed by atoms with Gasteiger partial charge in [-0.1, -0.05) is 11.6 Å². The first-order valence-corrected chi connectivity index (χ1v) is 8.58. The van der Waals surface area contributed by atoms with Crippen LogP contribution in [0.2, 0.25) is 5.02 Å². The number of carbonyl (C=O) groups is 1. The Morgan fingerprint density at radius 1 is 1.15 bits per heavy atom. The normalized spacial score (nSPS) is 10.2. The van der Waals surface area contributed by atoms with E-state index in [0.29, 0.717) is 22.9 Å². The minimum absolute atomic E-state index is 0. The Morgan fingerprint density at radius 2 is 1.93 bits per heavy atom. The van der Waals surface area contributed by atoms with Gasteiger partial charge in [0, 0.05) is 21.8 Å². The van der Waals surface area contributed by atoms with Crippen molar-refractivity contribution in [2.24, 2.45) is 0 Å². The zero-order valence-corrected chi connectivity index (χ0v) is 16.7. The molecule has 142 valence electrons. The number of pyridine rings is 1. The summed E-state index contributed by atoms with van der Waals surface area (Å²) >= 11 is 6.12. The van der Waals surface area contributed by atoms with Crippen LogP contribution in [0, 0.1) is 6.92 Å². The molecule has 0 saturated carbocycles. The number of rotatable bonds is 5. The van der Waals surface area contributed by atoms with Gasteiger partial charge in [-0.3, -0.25) is 4.98 Å². The fourth-order valence-corrected chi connectivity index (χ4v) is 2.90. The maximum absolute atomic E-state index is 12.1. The summed E-state index contributed by atoms with van der Waals surface area (Å²) in [5.41, 5.74) is 3.64. The molecule has 0 spiro atoms. The van der Waals surface area contributed by atoms with E-state index in [0.717, 1.165) is 28.0 Å². The standard InChI is InChI=1S/C20H19ClN2O3.ClH/c1-4-26-20(24)13-5-7-16-15(10-13)17(9-12(2)22-16)23-18-11-14(21)6-8-19(18)25-3;/h5-11H,4H2,1-3H3,(H,22,23);1H/p-1. The first-order valence-electron chi connectivity index (χ1n) is 8.21. The number of hydrogen-bond donors (Lipinski definition) is 1. The van der Waals surface area contributed by atoms with Gasteiger partial charge in [-0.05, 0) is 56.3 Å². The summed E-state index contributed by atoms with van der Waals surface area (Å²) in [4.78, 5) is 16.6. The summed E-state index contributed by atoms with van der Waals surface area (Å²) in [7, 11) is 1.60. The van der Waals surface area contributed by atoms with Crippen LogP contribution in [0.1, 0.15) is 23.0 Å². The predicted molar refractivity (Wildman–Crippen MR) is 104 cm³/mol. The third-order valence-electron chi connectivity index (χ3n) is 3.88. The second-order valence-electron chi connectivity index (χ2n) is 5.73. The number of methoxy groups -OCH3 is 1. The molecule has 0 atom stereocenters. The lowest BCUT2D eigenvalue weighted by Crippen LogP contribution is -3.00. The number of esters is 1. The van der Waals surface area contributed by atoms with E-state index in [1.165, 1.54) is 0 Å². The molecule has 0 saturated heterocycles. The quantitative estimate of drug-likeness (QED) is 0.658. The van der Waals surface area contributed by atoms with E-state index >= 15 is 0 Å². The molecule has 0 unspecified atom stereocenters. The van der Waals surface area contributed by atoms with Crippen LogP contribution < -0.4 is 22.5 Å². The molecule has 0 aliphatic carbocycles. The van der Waals surface area contributed by atoms with Crippen molar-refractivity contribution in [2.45, 2.75) is 13.8 Å². The summed E-state index contributed by atoms with van der Waals surface area (Å²) in [6.07, 6.45) is 0. The van der Waals surface area contributed by atoms with Gasteiger partial charge in [0.15, 0.2) is 0 Å². The topological polar surface area (TPSA) is 60.5 Å². The predicted octanol–water partition coefficient (Wildman–Crippen LogP) is 2.13. The second kappa shape index (κ2) is 8.93. The third-order valence-corrected chi connectivity index (χ3v) is 4.11. The van der Waals surface area contributed by atoms with E-state index in [4.69, 9.17) is 21.1 Å². The zero-order chi connectivity index (χ0) is 18.7. The number of aromatic nitrogens is 1. The van der Waals surface area contributed by atoms with Crippen LogP contribution in [0.3, 0.4) is 0 Å². The number of halogens is 2. The highest BCUT2D eigenvalue weighted by Crippen LogP contribution is 2.33. The van der Waals surface area contributed by atoms with Crippen molar-refractivity contribution in [3.05, 3.63) is 58.7 Å². The zero-order valence-electron chi connectivity index (χ0n) is 15.2. The van der Waals surface area contributed by atoms with Gasteiger partial charge in [0.2, 0.25) is 0 Å². The SMILES string of the molecule is CCOC(=O)c1ccc2nc(C)cc(Nc3cc(Cl)ccc3OC)c2c1.[Cl-]. The number of nitrogens with zero attached hydrogens (tertiary/aromatic N) is 1. The molecule has 0 fully saturated rings. The Labute approximate surface area is 169 Å². The summed E-state index contributed by atoms with van der Waals surface area (Å²) in [6.45, 7) is 4.02. The molecule has 1 N–H and O–H groups in total. The van der Waals surface area contributed by atoms with E-state index in [9.17, 15) is 4.79 Å². The molecule has 27 heavy (non-hydrogen) atoms. The molecule has 0 aliphatic heterocycles. The van der Waals surface area contributed by atoms with Gasteiger partial charge < -0.3 is 27.2 Å². The highest BCUT2D eigenvalue weighted by atomic mass is 35.5. The van der Waals surface area contributed by atoms with Crippen LogP contribution in [-0.4, -0.2) is 24.7 Å². The van der Waals surface area contributed by atoms with Crippen molar-refractivity contribution in [1.82, 2.24) is 4.98 Å². The number of ether oxygens (including phenoxy) is 2. The number of nitrogens with one attached hydrogen (secondary N) is 1. The van der Waals surface area contributed by atoms with Gasteiger partial charge in [0.25, 0.3) is 0 Å². The lowest BCUT2D eigenvalue weighted by atomic mass is 10.1. The average molecular weight is 406 g/mol. The number of aryl methyl sites for hydroxylation is 1. The van der Waals surface area contributed by atoms with Gasteiger partial charge in [-0.15, -0.1) is 0 Å². The minimum atomic E-state index is -0.360. The molecule has 2 aromatic carbocycles. The molecule has 1 heterocycles. The maximum atomic E-state index is 12.1. The van der Waals surface area contributed by atoms with Crippen molar-refractivity contribution < 1.29 is 26.7 Å². The van der Waals surface area contributed by atoms with Crippen LogP contribution in [-0.2, 0) is 4.74 Å². The summed E-state index contributed by atoms with van der Waals surface area (Å²) in [5, 5.41) is 4.75. The summed E-state index contributed by atoms with van der Waals surface area (Å²) < 4.78 is 10.5. The number of benzene rings is 2. The molecule has 1 aromatic heterocycles. The lowest BCUT2D eigenvalue weighted by molar-refractivity contribution is -0.0000235. The van der Waals surface area contributed by atoms with Crippen LogP contribution in [0.4, 0.5) is 11.4 Å². The average Bonchev–Trinajstić information content (AvgIpc) is 2.61. The lowest BCUT2D eigenvalue weighted by Gasteiger charge is -2.14. The molecule has 7 heteroatoms. The second-order valence-corrected chi connectivity index (χ2v) is 6.17. The molecule has 5 nitrogen and oxygen atoms in total. The Kier molecular flexibility index (Phi) is 6.88. The molecule has 0 radical (unpaired) electrons. The van der Waals surface area contributed by atoms with Crippen molar-refractivity contribution in [2.75, 3.05) is 19.0 Å². The number of anilines is 2. The van der Waals surface area contributed by atoms with E-state index in [2.05, 4.69) is 10.3 Å². The summed E-state index contributed by atoms with van der Waals surface area (Å²) in [5.74, 6) is 0.305. The largest absolute Gasteiger partial charge is 1.00 e. The van der Waals surface area contributed by atoms with Gasteiger partial charge >= 0.3 is 5.97 Å². The van der Waals surface area contributed by atoms with Crippen LogP contribution in [0.5, 0.6) is 5.75 Å². The molecular formula is C20H19Cl2N2O3-. The van der Waals surface area contributed by atoms with Gasteiger partial charge in [-0.25, -0.2) is 4.79 Å². The van der Waals surface area contributed by atoms with E-state index in [1.54, 1.807) is 44.4 Å². The smallest absolute Gasteiger partial charge is 0.338 e. The molecule has 0 aliphatic rings. The van der Waals surface area contributed by atoms with Gasteiger partial charge in [0.1, 0.15) is 5.75 Å². The highest BCUT2D eigenvalue weighted by molar-refractivity contribution is 6.31. The van der Waals surface area contributed by atoms with E-state index in [-0.39, 0.29) is 18.4 Å². The minimum Gasteiger partial charge on any atom is -1.00 e. The van der Waals surface area contributed by atoms with Crippen molar-refractivity contribution in [3.8, 4) is 5.75 Å². The third kappa shape index (κ3) is 4.62. The maximum Gasteiger partial charge on any atom is 0.338 e. The van der Waals surface area contributed by atoms with Crippen LogP contribution in [0.25, 0.3) is 10.9 Å². The number of carbonyl (C=O) groups excluding carboxylic acids is 1. The molecular weight excluding hydrogens is 387 g/mol. The van der Waals surface area contributed by atoms with Crippen LogP contribution in [0.15, 0.2) is 42.5 Å². The number of hydrogen-bond acceptors (Lipinski definition) is 5. The fourth-order valence-electron chi connectivity index (χ4n) is 2.73. The van der Waals surface area contributed by atoms with E-state index in [1.807, 2.05) is 19.1 Å². The Balaban J connectivity index is 0.00000261. The molecule has 0 bridgehead atoms. The first kappa shape index (κ1) is 20.8. The Hall–Kier alpha value is -2.50. The molecule has 3 rings (SSSR count). The van der Waals surface area contributed by atoms with Crippen LogP contribution >= 0.6 is 11.6 Å². The van der Waals surface area contributed by atoms with Gasteiger partial charge in [-0.2, -0.15) is 0 Å². The fraction of sp³-hybridized carbons (Fsp3) is 0.200. The van der Waals surface area contributed by atoms with Gasteiger partial charge in [0.05, 0.1) is 30.5 Å². The van der Waals surface area contributed by atoms with Crippen molar-refractivity contribution >= 4 is 39.8 Å². The summed E-state index contributed by atoms with van der Waals surface area (Å²) in [6, 6.07) is 12.6. The Bertz CT molecular complexity index is 977. The molecule has 0 amide bonds. The van der Waals surface area contributed by atoms with Crippen molar-refractivity contribution in [3.63, 3.8) is 0 Å². The first-order chi connectivity index (χ1) is 12.5. The highest BCUT2D eigenvalue weighted by Gasteiger charge is 2.12. The van der Waals surface area contributed by atoms with E-state index < -0.39 is 0 Å². The molecule has 3 aromatic rings. The Morgan fingerprint density at radius 3 is 2.63 bits per heavy atom. The van der Waals surface area contributed by atoms with Crippen molar-refractivity contribution in [1.29, 1.82) is 0 Å².